The molecule has 1 aromatic carbocycles. The van der Waals surface area contributed by atoms with Gasteiger partial charge in [-0.05, 0) is 50.0 Å². The molecule has 0 spiro atoms. The molecular formula is C27H40N2O5. The van der Waals surface area contributed by atoms with Crippen LogP contribution in [0.1, 0.15) is 58.9 Å². The predicted octanol–water partition coefficient (Wildman–Crippen LogP) is 3.57. The number of benzene rings is 1. The zero-order valence-corrected chi connectivity index (χ0v) is 21.1. The average Bonchev–Trinajstić information content (AvgIpc) is 3.13. The number of unbranched alkanes of at least 4 members (excludes halogenated alkanes) is 1. The highest BCUT2D eigenvalue weighted by Crippen LogP contribution is 2.24. The average molecular weight is 473 g/mol. The van der Waals surface area contributed by atoms with Crippen molar-refractivity contribution in [2.24, 2.45) is 11.3 Å². The van der Waals surface area contributed by atoms with Crippen LogP contribution in [-0.2, 0) is 30.3 Å². The first kappa shape index (κ1) is 27.6. The normalized spacial score (nSPS) is 20.1. The Morgan fingerprint density at radius 1 is 1.21 bits per heavy atom. The van der Waals surface area contributed by atoms with Crippen molar-refractivity contribution in [3.05, 3.63) is 48.0 Å². The zero-order chi connectivity index (χ0) is 25.1. The molecule has 0 aromatic heterocycles. The van der Waals surface area contributed by atoms with Gasteiger partial charge in [0.15, 0.2) is 0 Å². The molecule has 188 valence electrons. The predicted molar refractivity (Wildman–Crippen MR) is 132 cm³/mol. The Kier molecular flexibility index (Phi) is 10.8. The van der Waals surface area contributed by atoms with Gasteiger partial charge in [-0.1, -0.05) is 63.3 Å². The molecular weight excluding hydrogens is 432 g/mol. The van der Waals surface area contributed by atoms with Crippen LogP contribution >= 0.6 is 0 Å². The largest absolute Gasteiger partial charge is 0.460 e. The van der Waals surface area contributed by atoms with Crippen LogP contribution in [0.2, 0.25) is 0 Å². The van der Waals surface area contributed by atoms with Crippen LogP contribution in [0.4, 0.5) is 0 Å². The molecule has 2 amide bonds. The number of carbonyl (C=O) groups is 3. The zero-order valence-electron chi connectivity index (χ0n) is 21.1. The molecule has 2 rings (SSSR count). The van der Waals surface area contributed by atoms with Crippen LogP contribution in [0.15, 0.2) is 42.5 Å². The Bertz CT molecular complexity index is 831. The third kappa shape index (κ3) is 9.67. The Labute approximate surface area is 203 Å². The van der Waals surface area contributed by atoms with E-state index in [0.29, 0.717) is 19.3 Å². The molecule has 4 atom stereocenters. The maximum absolute atomic E-state index is 12.5. The topological polar surface area (TPSA) is 93.7 Å². The third-order valence-corrected chi connectivity index (χ3v) is 5.78. The van der Waals surface area contributed by atoms with Crippen molar-refractivity contribution >= 4 is 17.8 Å². The lowest BCUT2D eigenvalue weighted by Gasteiger charge is -2.19. The number of nitrogens with one attached hydrogen (secondary N) is 2. The first-order valence-corrected chi connectivity index (χ1v) is 12.1. The van der Waals surface area contributed by atoms with Crippen molar-refractivity contribution in [3.63, 3.8) is 0 Å². The van der Waals surface area contributed by atoms with E-state index in [-0.39, 0.29) is 41.8 Å². The van der Waals surface area contributed by atoms with Gasteiger partial charge in [0, 0.05) is 7.11 Å². The second-order valence-electron chi connectivity index (χ2n) is 10.1. The smallest absolute Gasteiger partial charge is 0.309 e. The van der Waals surface area contributed by atoms with Gasteiger partial charge >= 0.3 is 5.97 Å². The highest BCUT2D eigenvalue weighted by atomic mass is 16.6. The number of allylic oxidation sites excluding steroid dienone is 2. The Balaban J connectivity index is 1.71. The number of hydrogen-bond donors (Lipinski definition) is 2. The second kappa shape index (κ2) is 13.3. The van der Waals surface area contributed by atoms with E-state index in [1.807, 2.05) is 30.3 Å². The Morgan fingerprint density at radius 3 is 2.56 bits per heavy atom. The van der Waals surface area contributed by atoms with Crippen molar-refractivity contribution in [2.75, 3.05) is 13.7 Å². The van der Waals surface area contributed by atoms with Gasteiger partial charge in [0.2, 0.25) is 11.8 Å². The molecule has 1 fully saturated rings. The van der Waals surface area contributed by atoms with Gasteiger partial charge in [-0.15, -0.1) is 0 Å². The van der Waals surface area contributed by atoms with Gasteiger partial charge in [0.1, 0.15) is 18.2 Å². The molecule has 1 aromatic rings. The van der Waals surface area contributed by atoms with Gasteiger partial charge in [-0.3, -0.25) is 14.4 Å². The molecule has 1 saturated heterocycles. The number of esters is 1. The number of ether oxygens (including phenoxy) is 2. The van der Waals surface area contributed by atoms with Crippen LogP contribution in [-0.4, -0.2) is 49.7 Å². The Hall–Kier alpha value is -2.67. The number of amides is 2. The van der Waals surface area contributed by atoms with Crippen LogP contribution in [0.3, 0.4) is 0 Å². The van der Waals surface area contributed by atoms with Crippen molar-refractivity contribution in [1.82, 2.24) is 10.6 Å². The van der Waals surface area contributed by atoms with Crippen LogP contribution in [0.25, 0.3) is 0 Å². The molecule has 0 bridgehead atoms. The SMILES string of the molecule is CO[C@H](CCC/C=C/C(C)(C)C)C(=O)N[C@@H](C)C(=O)NCC1CC(Cc2ccccc2)C(=O)O1. The summed E-state index contributed by atoms with van der Waals surface area (Å²) in [5.74, 6) is -1.06. The monoisotopic (exact) mass is 472 g/mol. The van der Waals surface area contributed by atoms with E-state index in [4.69, 9.17) is 9.47 Å². The summed E-state index contributed by atoms with van der Waals surface area (Å²) >= 11 is 0. The molecule has 2 N–H and O–H groups in total. The fourth-order valence-corrected chi connectivity index (χ4v) is 3.87. The summed E-state index contributed by atoms with van der Waals surface area (Å²) in [4.78, 5) is 37.2. The lowest BCUT2D eigenvalue weighted by Crippen LogP contribution is -2.49. The molecule has 7 nitrogen and oxygen atoms in total. The van der Waals surface area contributed by atoms with Crippen molar-refractivity contribution in [1.29, 1.82) is 0 Å². The highest BCUT2D eigenvalue weighted by molar-refractivity contribution is 5.89. The minimum atomic E-state index is -0.719. The fraction of sp³-hybridized carbons (Fsp3) is 0.593. The van der Waals surface area contributed by atoms with E-state index in [0.717, 1.165) is 18.4 Å². The molecule has 1 heterocycles. The van der Waals surface area contributed by atoms with Crippen LogP contribution < -0.4 is 10.6 Å². The standard InChI is InChI=1S/C27H40N2O5/c1-19(29-25(31)23(33-5)14-10-7-11-15-27(2,3)4)24(30)28-18-22-17-21(26(32)34-22)16-20-12-8-6-9-13-20/h6,8-9,11-13,15,19,21-23H,7,10,14,16-18H2,1-5H3,(H,28,30)(H,29,31)/b15-11+/t19-,21?,22?,23+/m0/s1. The lowest BCUT2D eigenvalue weighted by molar-refractivity contribution is -0.144. The first-order valence-electron chi connectivity index (χ1n) is 12.1. The quantitative estimate of drug-likeness (QED) is 0.276. The lowest BCUT2D eigenvalue weighted by atomic mass is 9.95. The van der Waals surface area contributed by atoms with E-state index < -0.39 is 12.1 Å². The van der Waals surface area contributed by atoms with Crippen molar-refractivity contribution in [3.8, 4) is 0 Å². The maximum atomic E-state index is 12.5. The van der Waals surface area contributed by atoms with E-state index in [9.17, 15) is 14.4 Å². The third-order valence-electron chi connectivity index (χ3n) is 5.78. The highest BCUT2D eigenvalue weighted by Gasteiger charge is 2.34. The van der Waals surface area contributed by atoms with Gasteiger partial charge in [-0.25, -0.2) is 0 Å². The van der Waals surface area contributed by atoms with E-state index in [2.05, 4.69) is 43.6 Å². The Morgan fingerprint density at radius 2 is 1.91 bits per heavy atom. The van der Waals surface area contributed by atoms with E-state index in [1.165, 1.54) is 7.11 Å². The maximum Gasteiger partial charge on any atom is 0.309 e. The summed E-state index contributed by atoms with van der Waals surface area (Å²) < 4.78 is 10.8. The number of rotatable bonds is 12. The summed E-state index contributed by atoms with van der Waals surface area (Å²) in [7, 11) is 1.50. The molecule has 0 radical (unpaired) electrons. The van der Waals surface area contributed by atoms with E-state index >= 15 is 0 Å². The molecule has 0 saturated carbocycles. The number of hydrogen-bond acceptors (Lipinski definition) is 5. The van der Waals surface area contributed by atoms with Gasteiger partial charge in [0.05, 0.1) is 12.5 Å². The molecule has 1 aliphatic heterocycles. The number of methoxy groups -OCH3 is 1. The van der Waals surface area contributed by atoms with Gasteiger partial charge in [-0.2, -0.15) is 0 Å². The molecule has 7 heteroatoms. The van der Waals surface area contributed by atoms with Gasteiger partial charge < -0.3 is 20.1 Å². The number of carbonyl (C=O) groups excluding carboxylic acids is 3. The molecule has 0 aliphatic carbocycles. The summed E-state index contributed by atoms with van der Waals surface area (Å²) in [5, 5.41) is 5.50. The molecule has 1 aliphatic rings. The van der Waals surface area contributed by atoms with Crippen molar-refractivity contribution < 1.29 is 23.9 Å². The minimum absolute atomic E-state index is 0.139. The molecule has 2 unspecified atom stereocenters. The minimum Gasteiger partial charge on any atom is -0.460 e. The van der Waals surface area contributed by atoms with E-state index in [1.54, 1.807) is 6.92 Å². The van der Waals surface area contributed by atoms with Crippen molar-refractivity contribution in [2.45, 2.75) is 78.0 Å². The van der Waals surface area contributed by atoms with Crippen LogP contribution in [0.5, 0.6) is 0 Å². The van der Waals surface area contributed by atoms with Crippen LogP contribution in [0, 0.1) is 11.3 Å². The molecule has 34 heavy (non-hydrogen) atoms. The van der Waals surface area contributed by atoms with Gasteiger partial charge in [0.25, 0.3) is 0 Å². The summed E-state index contributed by atoms with van der Waals surface area (Å²) in [6, 6.07) is 9.09. The summed E-state index contributed by atoms with van der Waals surface area (Å²) in [5.41, 5.74) is 1.23. The first-order chi connectivity index (χ1) is 16.1. The second-order valence-corrected chi connectivity index (χ2v) is 10.1. The fourth-order valence-electron chi connectivity index (χ4n) is 3.87. The summed E-state index contributed by atoms with van der Waals surface area (Å²) in [6.45, 7) is 8.28. The summed E-state index contributed by atoms with van der Waals surface area (Å²) in [6.07, 6.45) is 6.77. The number of cyclic esters (lactones) is 1.